The van der Waals surface area contributed by atoms with Gasteiger partial charge in [-0.25, -0.2) is 0 Å². The van der Waals surface area contributed by atoms with Gasteiger partial charge in [0.25, 0.3) is 0 Å². The first-order valence-corrected chi connectivity index (χ1v) is 11.4. The molecule has 1 aliphatic heterocycles. The predicted octanol–water partition coefficient (Wildman–Crippen LogP) is 4.72. The fraction of sp³-hybridized carbons (Fsp3) is 0.368. The van der Waals surface area contributed by atoms with Gasteiger partial charge in [0.15, 0.2) is 14.6 Å². The van der Waals surface area contributed by atoms with Crippen molar-refractivity contribution in [1.82, 2.24) is 0 Å². The highest BCUT2D eigenvalue weighted by molar-refractivity contribution is 6.69. The topological polar surface area (TPSA) is 18.5 Å². The van der Waals surface area contributed by atoms with Crippen LogP contribution in [-0.4, -0.2) is 14.6 Å². The molecule has 0 aliphatic carbocycles. The Morgan fingerprint density at radius 2 is 1.68 bits per heavy atom. The molecule has 2 atom stereocenters. The van der Waals surface area contributed by atoms with Gasteiger partial charge in [0, 0.05) is 12.8 Å². The molecule has 2 unspecified atom stereocenters. The van der Waals surface area contributed by atoms with Gasteiger partial charge in [-0.3, -0.25) is 0 Å². The first-order valence-electron chi connectivity index (χ1n) is 7.96. The number of fused-ring (bicyclic) bond motifs is 1. The fourth-order valence-electron chi connectivity index (χ4n) is 2.97. The van der Waals surface area contributed by atoms with E-state index in [2.05, 4.69) is 74.2 Å². The van der Waals surface area contributed by atoms with Crippen molar-refractivity contribution in [3.63, 3.8) is 0 Å². The van der Waals surface area contributed by atoms with Crippen molar-refractivity contribution in [2.45, 2.75) is 44.9 Å². The maximum absolute atomic E-state index is 6.31. The van der Waals surface area contributed by atoms with Crippen LogP contribution in [-0.2, 0) is 22.0 Å². The molecule has 0 aromatic heterocycles. The molecule has 0 fully saturated rings. The van der Waals surface area contributed by atoms with Crippen molar-refractivity contribution in [1.29, 1.82) is 0 Å². The van der Waals surface area contributed by atoms with E-state index < -0.39 is 8.32 Å². The highest BCUT2D eigenvalue weighted by Crippen LogP contribution is 2.34. The lowest BCUT2D eigenvalue weighted by Crippen LogP contribution is -2.38. The molecule has 0 bridgehead atoms. The molecule has 3 heteroatoms. The molecule has 1 heterocycles. The van der Waals surface area contributed by atoms with E-state index >= 15 is 0 Å². The largest absolute Gasteiger partial charge is 0.393 e. The van der Waals surface area contributed by atoms with Crippen molar-refractivity contribution in [3.05, 3.63) is 71.3 Å². The van der Waals surface area contributed by atoms with Crippen molar-refractivity contribution in [3.8, 4) is 0 Å². The van der Waals surface area contributed by atoms with Crippen molar-refractivity contribution < 1.29 is 9.16 Å². The van der Waals surface area contributed by atoms with Crippen molar-refractivity contribution >= 4 is 8.32 Å². The number of ether oxygens (including phenoxy) is 1. The third-order valence-corrected chi connectivity index (χ3v) is 4.82. The Bertz CT molecular complexity index is 619. The van der Waals surface area contributed by atoms with Crippen LogP contribution in [0.3, 0.4) is 0 Å². The Hall–Kier alpha value is -1.42. The highest BCUT2D eigenvalue weighted by Gasteiger charge is 2.31. The number of hydrogen-bond donors (Lipinski definition) is 0. The minimum atomic E-state index is -1.61. The quantitative estimate of drug-likeness (QED) is 0.761. The van der Waals surface area contributed by atoms with Crippen LogP contribution in [0.5, 0.6) is 0 Å². The van der Waals surface area contributed by atoms with Crippen LogP contribution in [0.25, 0.3) is 0 Å². The third kappa shape index (κ3) is 3.86. The summed E-state index contributed by atoms with van der Waals surface area (Å²) in [5, 5.41) is 0. The lowest BCUT2D eigenvalue weighted by molar-refractivity contribution is -0.134. The molecule has 0 saturated heterocycles. The van der Waals surface area contributed by atoms with E-state index in [0.717, 1.165) is 12.8 Å². The van der Waals surface area contributed by atoms with E-state index in [1.807, 2.05) is 0 Å². The summed E-state index contributed by atoms with van der Waals surface area (Å²) < 4.78 is 12.5. The predicted molar refractivity (Wildman–Crippen MR) is 92.3 cm³/mol. The first-order chi connectivity index (χ1) is 10.5. The zero-order valence-electron chi connectivity index (χ0n) is 13.6. The molecule has 1 aliphatic rings. The van der Waals surface area contributed by atoms with E-state index in [9.17, 15) is 0 Å². The summed E-state index contributed by atoms with van der Waals surface area (Å²) in [7, 11) is -1.61. The molecule has 0 N–H and O–H groups in total. The van der Waals surface area contributed by atoms with E-state index in [1.165, 1.54) is 16.7 Å². The second-order valence-corrected chi connectivity index (χ2v) is 11.3. The standard InChI is InChI=1S/C19H24O2Si/c1-22(2,3)21-19-14-16-11-7-8-12-17(16)18(20-19)13-15-9-5-4-6-10-15/h4-12,18-19H,13-14H2,1-3H3. The van der Waals surface area contributed by atoms with Gasteiger partial charge in [0.2, 0.25) is 0 Å². The summed E-state index contributed by atoms with van der Waals surface area (Å²) in [6.07, 6.45) is 1.71. The highest BCUT2D eigenvalue weighted by atomic mass is 28.4. The average Bonchev–Trinajstić information content (AvgIpc) is 2.46. The van der Waals surface area contributed by atoms with Gasteiger partial charge in [-0.2, -0.15) is 0 Å². The van der Waals surface area contributed by atoms with E-state index in [1.54, 1.807) is 0 Å². The van der Waals surface area contributed by atoms with E-state index in [4.69, 9.17) is 9.16 Å². The SMILES string of the molecule is C[Si](C)(C)OC1Cc2ccccc2C(Cc2ccccc2)O1. The molecular formula is C19H24O2Si. The Balaban J connectivity index is 1.84. The molecule has 3 rings (SSSR count). The van der Waals surface area contributed by atoms with Crippen LogP contribution in [0.1, 0.15) is 22.8 Å². The zero-order valence-corrected chi connectivity index (χ0v) is 14.6. The number of rotatable bonds is 4. The van der Waals surface area contributed by atoms with Gasteiger partial charge in [0.05, 0.1) is 6.10 Å². The minimum absolute atomic E-state index is 0.0775. The van der Waals surface area contributed by atoms with Gasteiger partial charge in [-0.15, -0.1) is 0 Å². The Morgan fingerprint density at radius 3 is 2.41 bits per heavy atom. The summed E-state index contributed by atoms with van der Waals surface area (Å²) in [4.78, 5) is 0. The molecule has 22 heavy (non-hydrogen) atoms. The minimum Gasteiger partial charge on any atom is -0.393 e. The average molecular weight is 312 g/mol. The van der Waals surface area contributed by atoms with E-state index in [0.29, 0.717) is 0 Å². The smallest absolute Gasteiger partial charge is 0.187 e. The molecule has 2 nitrogen and oxygen atoms in total. The molecule has 0 saturated carbocycles. The van der Waals surface area contributed by atoms with Crippen LogP contribution in [0.15, 0.2) is 54.6 Å². The Kier molecular flexibility index (Phi) is 4.48. The molecular weight excluding hydrogens is 288 g/mol. The molecule has 0 spiro atoms. The van der Waals surface area contributed by atoms with Crippen LogP contribution in [0.2, 0.25) is 19.6 Å². The summed E-state index contributed by atoms with van der Waals surface area (Å²) >= 11 is 0. The third-order valence-electron chi connectivity index (χ3n) is 3.85. The number of hydrogen-bond acceptors (Lipinski definition) is 2. The second-order valence-electron chi connectivity index (χ2n) is 6.88. The molecule has 0 radical (unpaired) electrons. The van der Waals surface area contributed by atoms with Crippen LogP contribution in [0, 0.1) is 0 Å². The van der Waals surface area contributed by atoms with Gasteiger partial charge in [0.1, 0.15) is 0 Å². The number of benzene rings is 2. The van der Waals surface area contributed by atoms with Gasteiger partial charge in [-0.1, -0.05) is 54.6 Å². The summed E-state index contributed by atoms with van der Waals surface area (Å²) in [5.74, 6) is 0. The zero-order chi connectivity index (χ0) is 15.6. The maximum atomic E-state index is 6.31. The lowest BCUT2D eigenvalue weighted by Gasteiger charge is -2.35. The first kappa shape index (κ1) is 15.5. The van der Waals surface area contributed by atoms with Crippen molar-refractivity contribution in [2.24, 2.45) is 0 Å². The molecule has 2 aromatic carbocycles. The van der Waals surface area contributed by atoms with Crippen LogP contribution >= 0.6 is 0 Å². The van der Waals surface area contributed by atoms with Gasteiger partial charge < -0.3 is 9.16 Å². The normalized spacial score (nSPS) is 21.4. The second kappa shape index (κ2) is 6.37. The maximum Gasteiger partial charge on any atom is 0.187 e. The van der Waals surface area contributed by atoms with Crippen LogP contribution < -0.4 is 0 Å². The summed E-state index contributed by atoms with van der Waals surface area (Å²) in [6, 6.07) is 19.1. The molecule has 116 valence electrons. The monoisotopic (exact) mass is 312 g/mol. The Morgan fingerprint density at radius 1 is 1.00 bits per heavy atom. The van der Waals surface area contributed by atoms with Gasteiger partial charge >= 0.3 is 0 Å². The lowest BCUT2D eigenvalue weighted by atomic mass is 9.93. The molecule has 2 aromatic rings. The Labute approximate surface area is 134 Å². The van der Waals surface area contributed by atoms with E-state index in [-0.39, 0.29) is 12.4 Å². The van der Waals surface area contributed by atoms with Crippen molar-refractivity contribution in [2.75, 3.05) is 0 Å². The summed E-state index contributed by atoms with van der Waals surface area (Å²) in [6.45, 7) is 6.63. The molecule has 0 amide bonds. The van der Waals surface area contributed by atoms with Gasteiger partial charge in [-0.05, 0) is 36.3 Å². The van der Waals surface area contributed by atoms with Crippen LogP contribution in [0.4, 0.5) is 0 Å². The fourth-order valence-corrected chi connectivity index (χ4v) is 3.90. The summed E-state index contributed by atoms with van der Waals surface area (Å²) in [5.41, 5.74) is 3.97.